The van der Waals surface area contributed by atoms with Crippen LogP contribution in [0.3, 0.4) is 0 Å². The highest BCUT2D eigenvalue weighted by Crippen LogP contribution is 2.29. The number of hydrogen-bond acceptors (Lipinski definition) is 5. The summed E-state index contributed by atoms with van der Waals surface area (Å²) in [4.78, 5) is 21.3. The molecule has 15 heavy (non-hydrogen) atoms. The van der Waals surface area contributed by atoms with E-state index in [0.29, 0.717) is 12.2 Å². The van der Waals surface area contributed by atoms with Gasteiger partial charge in [0, 0.05) is 13.3 Å². The van der Waals surface area contributed by atoms with Crippen LogP contribution in [0.2, 0.25) is 0 Å². The molecule has 0 aromatic heterocycles. The van der Waals surface area contributed by atoms with Gasteiger partial charge in [-0.2, -0.15) is 0 Å². The first-order valence-corrected chi connectivity index (χ1v) is 4.66. The quantitative estimate of drug-likeness (QED) is 0.529. The van der Waals surface area contributed by atoms with Crippen molar-refractivity contribution in [2.24, 2.45) is 0 Å². The Kier molecular flexibility index (Phi) is 3.34. The Hall–Kier alpha value is -1.52. The molecule has 0 saturated carbocycles. The first-order valence-electron chi connectivity index (χ1n) is 4.66. The van der Waals surface area contributed by atoms with E-state index in [1.165, 1.54) is 6.92 Å². The first-order chi connectivity index (χ1) is 6.92. The molecule has 5 heteroatoms. The fraction of sp³-hybridized carbons (Fsp3) is 0.600. The minimum Gasteiger partial charge on any atom is -0.466 e. The molecule has 5 nitrogen and oxygen atoms in total. The Morgan fingerprint density at radius 3 is 2.67 bits per heavy atom. The van der Waals surface area contributed by atoms with Gasteiger partial charge < -0.3 is 14.2 Å². The Labute approximate surface area is 88.0 Å². The summed E-state index contributed by atoms with van der Waals surface area (Å²) in [7, 11) is 0. The fourth-order valence-corrected chi connectivity index (χ4v) is 1.17. The number of rotatable bonds is 3. The zero-order chi connectivity index (χ0) is 11.5. The third kappa shape index (κ3) is 3.27. The predicted molar refractivity (Wildman–Crippen MR) is 51.0 cm³/mol. The van der Waals surface area contributed by atoms with E-state index in [1.54, 1.807) is 19.9 Å². The van der Waals surface area contributed by atoms with Gasteiger partial charge in [0.25, 0.3) is 0 Å². The fourth-order valence-electron chi connectivity index (χ4n) is 1.17. The molecule has 0 spiro atoms. The van der Waals surface area contributed by atoms with Gasteiger partial charge in [0.05, 0.1) is 6.61 Å². The van der Waals surface area contributed by atoms with Crippen LogP contribution in [0.1, 0.15) is 27.2 Å². The molecule has 0 radical (unpaired) electrons. The topological polar surface area (TPSA) is 61.8 Å². The van der Waals surface area contributed by atoms with Crippen molar-refractivity contribution >= 4 is 12.1 Å². The van der Waals surface area contributed by atoms with Gasteiger partial charge in [-0.15, -0.1) is 0 Å². The third-order valence-electron chi connectivity index (χ3n) is 1.88. The largest absolute Gasteiger partial charge is 0.514 e. The molecular weight excluding hydrogens is 200 g/mol. The number of ether oxygens (including phenoxy) is 3. The molecule has 84 valence electrons. The molecule has 0 aliphatic carbocycles. The molecule has 0 N–H and O–H groups in total. The molecule has 1 heterocycles. The van der Waals surface area contributed by atoms with Gasteiger partial charge in [-0.25, -0.2) is 4.79 Å². The number of cyclic esters (lactones) is 2. The van der Waals surface area contributed by atoms with E-state index in [-0.39, 0.29) is 12.6 Å². The van der Waals surface area contributed by atoms with Crippen LogP contribution in [0.25, 0.3) is 0 Å². The molecule has 1 rings (SSSR count). The maximum atomic E-state index is 10.8. The highest BCUT2D eigenvalue weighted by atomic mass is 16.8. The lowest BCUT2D eigenvalue weighted by Gasteiger charge is -2.13. The molecule has 0 bridgehead atoms. The standard InChI is InChI=1S/C10H14O5/c1-7(11)13-6-4-5-8-10(2,3)15-9(12)14-8/h5H,4,6H2,1-3H3. The van der Waals surface area contributed by atoms with Gasteiger partial charge in [-0.3, -0.25) is 4.79 Å². The van der Waals surface area contributed by atoms with Gasteiger partial charge in [-0.1, -0.05) is 0 Å². The summed E-state index contributed by atoms with van der Waals surface area (Å²) < 4.78 is 14.5. The molecule has 1 saturated heterocycles. The number of carbonyl (C=O) groups is 2. The van der Waals surface area contributed by atoms with Crippen molar-refractivity contribution in [2.75, 3.05) is 6.61 Å². The van der Waals surface area contributed by atoms with Crippen LogP contribution in [-0.2, 0) is 19.0 Å². The summed E-state index contributed by atoms with van der Waals surface area (Å²) in [6.45, 7) is 5.08. The highest BCUT2D eigenvalue weighted by Gasteiger charge is 2.38. The van der Waals surface area contributed by atoms with Gasteiger partial charge in [0.1, 0.15) is 0 Å². The average Bonchev–Trinajstić information content (AvgIpc) is 2.33. The summed E-state index contributed by atoms with van der Waals surface area (Å²) in [5, 5.41) is 0. The van der Waals surface area contributed by atoms with Crippen molar-refractivity contribution in [3.05, 3.63) is 11.8 Å². The Morgan fingerprint density at radius 2 is 2.20 bits per heavy atom. The van der Waals surface area contributed by atoms with E-state index in [1.807, 2.05) is 0 Å². The molecule has 0 unspecified atom stereocenters. The second-order valence-electron chi connectivity index (χ2n) is 3.66. The Morgan fingerprint density at radius 1 is 1.53 bits per heavy atom. The molecule has 0 aromatic carbocycles. The summed E-state index contributed by atoms with van der Waals surface area (Å²) in [5.41, 5.74) is -0.729. The van der Waals surface area contributed by atoms with E-state index < -0.39 is 11.8 Å². The molecule has 1 fully saturated rings. The van der Waals surface area contributed by atoms with Gasteiger partial charge in [0.15, 0.2) is 11.4 Å². The first kappa shape index (κ1) is 11.6. The number of hydrogen-bond donors (Lipinski definition) is 0. The van der Waals surface area contributed by atoms with E-state index in [2.05, 4.69) is 0 Å². The zero-order valence-electron chi connectivity index (χ0n) is 9.03. The highest BCUT2D eigenvalue weighted by molar-refractivity contribution is 5.66. The number of carbonyl (C=O) groups excluding carboxylic acids is 2. The lowest BCUT2D eigenvalue weighted by atomic mass is 10.1. The monoisotopic (exact) mass is 214 g/mol. The summed E-state index contributed by atoms with van der Waals surface area (Å²) in [5.74, 6) is 0.131. The van der Waals surface area contributed by atoms with E-state index >= 15 is 0 Å². The lowest BCUT2D eigenvalue weighted by molar-refractivity contribution is -0.140. The predicted octanol–water partition coefficient (Wildman–Crippen LogP) is 1.77. The smallest absolute Gasteiger partial charge is 0.466 e. The summed E-state index contributed by atoms with van der Waals surface area (Å²) in [6.07, 6.45) is 1.49. The van der Waals surface area contributed by atoms with Gasteiger partial charge >= 0.3 is 12.1 Å². The Bertz CT molecular complexity index is 303. The normalized spacial score (nSPS) is 21.0. The van der Waals surface area contributed by atoms with Crippen LogP contribution in [0.15, 0.2) is 11.8 Å². The van der Waals surface area contributed by atoms with Crippen molar-refractivity contribution in [1.82, 2.24) is 0 Å². The molecule has 0 aromatic rings. The zero-order valence-corrected chi connectivity index (χ0v) is 9.03. The van der Waals surface area contributed by atoms with Crippen molar-refractivity contribution < 1.29 is 23.8 Å². The van der Waals surface area contributed by atoms with Crippen LogP contribution >= 0.6 is 0 Å². The Balaban J connectivity index is 2.45. The van der Waals surface area contributed by atoms with Crippen molar-refractivity contribution in [1.29, 1.82) is 0 Å². The SMILES string of the molecule is CC(=O)OCCC=C1OC(=O)OC1(C)C. The van der Waals surface area contributed by atoms with Crippen molar-refractivity contribution in [2.45, 2.75) is 32.8 Å². The van der Waals surface area contributed by atoms with E-state index in [9.17, 15) is 9.59 Å². The molecule has 0 amide bonds. The molecular formula is C10H14O5. The maximum Gasteiger partial charge on any atom is 0.514 e. The lowest BCUT2D eigenvalue weighted by Crippen LogP contribution is -2.20. The second kappa shape index (κ2) is 4.33. The third-order valence-corrected chi connectivity index (χ3v) is 1.88. The van der Waals surface area contributed by atoms with Crippen molar-refractivity contribution in [3.8, 4) is 0 Å². The van der Waals surface area contributed by atoms with E-state index in [4.69, 9.17) is 14.2 Å². The molecule has 0 atom stereocenters. The number of esters is 1. The van der Waals surface area contributed by atoms with Crippen LogP contribution in [0.5, 0.6) is 0 Å². The van der Waals surface area contributed by atoms with Crippen molar-refractivity contribution in [3.63, 3.8) is 0 Å². The summed E-state index contributed by atoms with van der Waals surface area (Å²) in [6, 6.07) is 0. The van der Waals surface area contributed by atoms with Crippen LogP contribution in [0.4, 0.5) is 4.79 Å². The van der Waals surface area contributed by atoms with Gasteiger partial charge in [-0.05, 0) is 19.9 Å². The van der Waals surface area contributed by atoms with Gasteiger partial charge in [0.2, 0.25) is 0 Å². The average molecular weight is 214 g/mol. The molecule has 1 aliphatic heterocycles. The minimum absolute atomic E-state index is 0.270. The second-order valence-corrected chi connectivity index (χ2v) is 3.66. The van der Waals surface area contributed by atoms with Crippen LogP contribution in [-0.4, -0.2) is 24.3 Å². The van der Waals surface area contributed by atoms with E-state index in [0.717, 1.165) is 0 Å². The van der Waals surface area contributed by atoms with Crippen LogP contribution < -0.4 is 0 Å². The minimum atomic E-state index is -0.729. The summed E-state index contributed by atoms with van der Waals surface area (Å²) >= 11 is 0. The molecule has 1 aliphatic rings. The maximum absolute atomic E-state index is 10.8. The van der Waals surface area contributed by atoms with Crippen LogP contribution in [0, 0.1) is 0 Å².